The molecule has 2 unspecified atom stereocenters. The Kier molecular flexibility index (Phi) is 17.2. The van der Waals surface area contributed by atoms with Crippen molar-refractivity contribution in [3.63, 3.8) is 0 Å². The fourth-order valence-corrected chi connectivity index (χ4v) is 8.46. The monoisotopic (exact) mass is 833 g/mol. The molecule has 0 saturated carbocycles. The summed E-state index contributed by atoms with van der Waals surface area (Å²) in [5, 5.41) is 0. The lowest BCUT2D eigenvalue weighted by atomic mass is 9.83. The van der Waals surface area contributed by atoms with Crippen molar-refractivity contribution in [2.75, 3.05) is 96.2 Å². The molecule has 2 aliphatic rings. The number of esters is 2. The number of carbonyl (C=O) groups is 2. The van der Waals surface area contributed by atoms with E-state index in [2.05, 4.69) is 36.2 Å². The average Bonchev–Trinajstić information content (AvgIpc) is 3.26. The van der Waals surface area contributed by atoms with E-state index in [9.17, 15) is 9.59 Å². The number of ether oxygens (including phenoxy) is 9. The molecule has 0 spiro atoms. The van der Waals surface area contributed by atoms with Gasteiger partial charge in [-0.15, -0.1) is 0 Å². The number of likely N-dealkylation sites (N-methyl/N-ethyl adjacent to an activating group) is 1. The minimum Gasteiger partial charge on any atom is -0.493 e. The van der Waals surface area contributed by atoms with Crippen LogP contribution in [0.1, 0.15) is 72.3 Å². The van der Waals surface area contributed by atoms with Crippen LogP contribution in [0.3, 0.4) is 0 Å². The van der Waals surface area contributed by atoms with Gasteiger partial charge in [-0.1, -0.05) is 12.2 Å². The van der Waals surface area contributed by atoms with Gasteiger partial charge in [0.15, 0.2) is 34.5 Å². The molecule has 60 heavy (non-hydrogen) atoms. The third kappa shape index (κ3) is 12.2. The number of nitrogens with zero attached hydrogens (tertiary/aromatic N) is 2. The first-order valence-electron chi connectivity index (χ1n) is 20.9. The standard InChI is InChI=1S/C47H65N2O11/c1-49(31-36(38-29-42(55-5)41(54-4)28-37(38)32-49)23-33-24-43(56-6)47(58-8)44(25-33)57-7)20-14-22-60-46(51)16-12-10-9-11-15-45(50)59-21-13-18-48-19-17-34-26-39(52-2)40(53-3)27-35(34)30-48/h9-10,24-29,36H,11-23,30-32H2,1-8H3/q+1/b10-9+. The number of benzene rings is 3. The highest BCUT2D eigenvalue weighted by molar-refractivity contribution is 5.70. The van der Waals surface area contributed by atoms with Gasteiger partial charge in [-0.25, -0.2) is 0 Å². The first-order valence-corrected chi connectivity index (χ1v) is 20.9. The van der Waals surface area contributed by atoms with Crippen molar-refractivity contribution >= 4 is 11.9 Å². The van der Waals surface area contributed by atoms with Crippen molar-refractivity contribution in [3.8, 4) is 40.2 Å². The second kappa shape index (κ2) is 22.5. The molecule has 0 radical (unpaired) electrons. The van der Waals surface area contributed by atoms with Crippen LogP contribution in [-0.2, 0) is 45.0 Å². The minimum absolute atomic E-state index is 0.165. The number of hydrogen-bond donors (Lipinski definition) is 0. The van der Waals surface area contributed by atoms with E-state index in [4.69, 9.17) is 42.6 Å². The molecule has 3 aromatic rings. The fourth-order valence-electron chi connectivity index (χ4n) is 8.46. The normalized spacial score (nSPS) is 17.3. The van der Waals surface area contributed by atoms with Gasteiger partial charge in [0.05, 0.1) is 83.1 Å². The van der Waals surface area contributed by atoms with Crippen LogP contribution in [0.4, 0.5) is 0 Å². The molecule has 0 aliphatic carbocycles. The van der Waals surface area contributed by atoms with Gasteiger partial charge in [0.25, 0.3) is 0 Å². The highest BCUT2D eigenvalue weighted by Crippen LogP contribution is 2.43. The molecule has 3 aromatic carbocycles. The van der Waals surface area contributed by atoms with Gasteiger partial charge in [0.1, 0.15) is 6.54 Å². The van der Waals surface area contributed by atoms with E-state index in [1.807, 2.05) is 24.3 Å². The number of carbonyl (C=O) groups excluding carboxylic acids is 2. The summed E-state index contributed by atoms with van der Waals surface area (Å²) in [5.41, 5.74) is 6.04. The summed E-state index contributed by atoms with van der Waals surface area (Å²) in [6.07, 6.45) is 8.81. The predicted molar refractivity (Wildman–Crippen MR) is 229 cm³/mol. The van der Waals surface area contributed by atoms with Crippen LogP contribution in [0.2, 0.25) is 0 Å². The molecule has 0 saturated heterocycles. The van der Waals surface area contributed by atoms with Crippen molar-refractivity contribution in [2.45, 2.75) is 70.4 Å². The fraction of sp³-hybridized carbons (Fsp3) is 0.532. The highest BCUT2D eigenvalue weighted by Gasteiger charge is 2.36. The maximum atomic E-state index is 12.6. The van der Waals surface area contributed by atoms with Crippen molar-refractivity contribution in [3.05, 3.63) is 76.4 Å². The molecule has 2 atom stereocenters. The lowest BCUT2D eigenvalue weighted by molar-refractivity contribution is -0.926. The third-order valence-electron chi connectivity index (χ3n) is 11.5. The van der Waals surface area contributed by atoms with E-state index in [-0.39, 0.29) is 17.9 Å². The molecule has 328 valence electrons. The van der Waals surface area contributed by atoms with Crippen LogP contribution < -0.4 is 33.2 Å². The number of methoxy groups -OCH3 is 7. The van der Waals surface area contributed by atoms with E-state index < -0.39 is 0 Å². The Labute approximate surface area is 356 Å². The highest BCUT2D eigenvalue weighted by atomic mass is 16.5. The second-order valence-corrected chi connectivity index (χ2v) is 15.7. The van der Waals surface area contributed by atoms with Crippen LogP contribution in [0.15, 0.2) is 48.6 Å². The summed E-state index contributed by atoms with van der Waals surface area (Å²) < 4.78 is 51.1. The summed E-state index contributed by atoms with van der Waals surface area (Å²) >= 11 is 0. The summed E-state index contributed by atoms with van der Waals surface area (Å²) in [7, 11) is 13.7. The Bertz CT molecular complexity index is 1910. The molecule has 13 nitrogen and oxygen atoms in total. The van der Waals surface area contributed by atoms with E-state index in [1.165, 1.54) is 22.3 Å². The smallest absolute Gasteiger partial charge is 0.306 e. The topological polar surface area (TPSA) is 120 Å². The van der Waals surface area contributed by atoms with Gasteiger partial charge in [-0.2, -0.15) is 0 Å². The zero-order valence-electron chi connectivity index (χ0n) is 36.9. The Hall–Kier alpha value is -5.14. The molecule has 2 heterocycles. The number of quaternary nitrogens is 1. The van der Waals surface area contributed by atoms with E-state index in [0.29, 0.717) is 67.6 Å². The van der Waals surface area contributed by atoms with Gasteiger partial charge in [0, 0.05) is 50.4 Å². The van der Waals surface area contributed by atoms with Crippen LogP contribution >= 0.6 is 0 Å². The lowest BCUT2D eigenvalue weighted by Gasteiger charge is -2.43. The second-order valence-electron chi connectivity index (χ2n) is 15.7. The number of hydrogen-bond acceptors (Lipinski definition) is 12. The molecule has 0 bridgehead atoms. The Morgan fingerprint density at radius 2 is 1.20 bits per heavy atom. The molecule has 0 fully saturated rings. The Balaban J connectivity index is 1.01. The maximum absolute atomic E-state index is 12.6. The van der Waals surface area contributed by atoms with Gasteiger partial charge in [-0.05, 0) is 90.8 Å². The van der Waals surface area contributed by atoms with E-state index >= 15 is 0 Å². The number of allylic oxidation sites excluding steroid dienone is 2. The SMILES string of the molecule is COc1cc2c(cc1OC)CN(CCCOC(=O)CC/C=C/CCC(=O)OCCC[N+]1(C)Cc3cc(OC)c(OC)cc3C(Cc3cc(OC)c(OC)c(OC)c3)C1)CC2. The van der Waals surface area contributed by atoms with E-state index in [1.54, 1.807) is 49.8 Å². The molecule has 2 aliphatic heterocycles. The first kappa shape index (κ1) is 45.9. The predicted octanol–water partition coefficient (Wildman–Crippen LogP) is 7.07. The van der Waals surface area contributed by atoms with Crippen molar-refractivity contribution in [1.82, 2.24) is 4.90 Å². The van der Waals surface area contributed by atoms with Crippen LogP contribution in [0, 0.1) is 0 Å². The van der Waals surface area contributed by atoms with Gasteiger partial charge < -0.3 is 47.1 Å². The van der Waals surface area contributed by atoms with Gasteiger partial charge >= 0.3 is 11.9 Å². The maximum Gasteiger partial charge on any atom is 0.306 e. The lowest BCUT2D eigenvalue weighted by Crippen LogP contribution is -2.50. The summed E-state index contributed by atoms with van der Waals surface area (Å²) in [5.74, 6) is 4.46. The van der Waals surface area contributed by atoms with Crippen LogP contribution in [0.25, 0.3) is 0 Å². The molecular weight excluding hydrogens is 769 g/mol. The quantitative estimate of drug-likeness (QED) is 0.0421. The zero-order valence-corrected chi connectivity index (χ0v) is 36.9. The van der Waals surface area contributed by atoms with Gasteiger partial charge in [0.2, 0.25) is 5.75 Å². The largest absolute Gasteiger partial charge is 0.493 e. The zero-order chi connectivity index (χ0) is 43.1. The third-order valence-corrected chi connectivity index (χ3v) is 11.5. The average molecular weight is 834 g/mol. The van der Waals surface area contributed by atoms with Crippen molar-refractivity contribution < 1.29 is 56.7 Å². The summed E-state index contributed by atoms with van der Waals surface area (Å²) in [6, 6.07) is 12.4. The summed E-state index contributed by atoms with van der Waals surface area (Å²) in [6.45, 7) is 5.93. The number of fused-ring (bicyclic) bond motifs is 2. The molecule has 0 aromatic heterocycles. The molecule has 0 N–H and O–H groups in total. The Morgan fingerprint density at radius 3 is 1.77 bits per heavy atom. The number of rotatable bonds is 23. The van der Waals surface area contributed by atoms with Gasteiger partial charge in [-0.3, -0.25) is 14.5 Å². The van der Waals surface area contributed by atoms with Crippen molar-refractivity contribution in [1.29, 1.82) is 0 Å². The molecular formula is C47H65N2O11+. The molecule has 5 rings (SSSR count). The first-order chi connectivity index (χ1) is 29.1. The minimum atomic E-state index is -0.223. The molecule has 0 amide bonds. The van der Waals surface area contributed by atoms with E-state index in [0.717, 1.165) is 86.5 Å². The Morgan fingerprint density at radius 1 is 0.667 bits per heavy atom. The summed E-state index contributed by atoms with van der Waals surface area (Å²) in [4.78, 5) is 27.3. The molecule has 13 heteroatoms. The van der Waals surface area contributed by atoms with Crippen LogP contribution in [-0.4, -0.2) is 118 Å². The van der Waals surface area contributed by atoms with Crippen LogP contribution in [0.5, 0.6) is 40.2 Å². The van der Waals surface area contributed by atoms with Crippen molar-refractivity contribution in [2.24, 2.45) is 0 Å².